The van der Waals surface area contributed by atoms with Gasteiger partial charge in [-0.25, -0.2) is 0 Å². The van der Waals surface area contributed by atoms with E-state index in [1.807, 2.05) is 30.3 Å². The number of benzene rings is 1. The van der Waals surface area contributed by atoms with Gasteiger partial charge >= 0.3 is 5.97 Å². The maximum atomic E-state index is 12.0. The lowest BCUT2D eigenvalue weighted by Gasteiger charge is -1.99. The number of Topliss-reactive ketones (excluding diaryl/α,β-unsaturated/α-hetero) is 1. The number of aliphatic carboxylic acids is 1. The molecule has 4 nitrogen and oxygen atoms in total. The Bertz CT molecular complexity index is 596. The number of ketones is 1. The van der Waals surface area contributed by atoms with E-state index in [9.17, 15) is 9.59 Å². The van der Waals surface area contributed by atoms with Gasteiger partial charge in [-0.15, -0.1) is 11.8 Å². The molecule has 0 aliphatic rings. The van der Waals surface area contributed by atoms with Crippen LogP contribution in [0.3, 0.4) is 0 Å². The molecule has 1 aromatic heterocycles. The van der Waals surface area contributed by atoms with E-state index in [0.717, 1.165) is 4.90 Å². The van der Waals surface area contributed by atoms with Crippen molar-refractivity contribution in [1.29, 1.82) is 0 Å². The van der Waals surface area contributed by atoms with Gasteiger partial charge in [0.1, 0.15) is 0 Å². The van der Waals surface area contributed by atoms with Crippen molar-refractivity contribution in [2.45, 2.75) is 11.4 Å². The summed E-state index contributed by atoms with van der Waals surface area (Å²) in [6.07, 6.45) is 3.57. The van der Waals surface area contributed by atoms with Crippen molar-refractivity contribution in [3.63, 3.8) is 0 Å². The fraction of sp³-hybridized carbons (Fsp3) is 0.133. The Morgan fingerprint density at radius 2 is 1.70 bits per heavy atom. The number of carbonyl (C=O) groups is 2. The minimum Gasteiger partial charge on any atom is -0.481 e. The van der Waals surface area contributed by atoms with Crippen LogP contribution >= 0.6 is 11.8 Å². The molecule has 0 aliphatic carbocycles. The lowest BCUT2D eigenvalue weighted by molar-refractivity contribution is -0.683. The zero-order chi connectivity index (χ0) is 14.4. The first-order chi connectivity index (χ1) is 9.65. The number of thioether (sulfide) groups is 1. The van der Waals surface area contributed by atoms with Gasteiger partial charge in [-0.1, -0.05) is 30.3 Å². The first-order valence-corrected chi connectivity index (χ1v) is 7.05. The summed E-state index contributed by atoms with van der Waals surface area (Å²) >= 11 is 1.25. The Hall–Kier alpha value is -2.14. The molecule has 2 rings (SSSR count). The average Bonchev–Trinajstić information content (AvgIpc) is 2.47. The van der Waals surface area contributed by atoms with Crippen molar-refractivity contribution < 1.29 is 19.3 Å². The number of carboxylic acids is 1. The smallest absolute Gasteiger partial charge is 0.313 e. The van der Waals surface area contributed by atoms with Crippen LogP contribution in [-0.4, -0.2) is 22.6 Å². The summed E-state index contributed by atoms with van der Waals surface area (Å²) < 4.78 is 1.78. The highest BCUT2D eigenvalue weighted by atomic mass is 32.2. The zero-order valence-electron chi connectivity index (χ0n) is 10.7. The molecule has 0 fully saturated rings. The number of hydrogen-bond acceptors (Lipinski definition) is 3. The van der Waals surface area contributed by atoms with Crippen LogP contribution in [0.1, 0.15) is 10.4 Å². The molecule has 0 unspecified atom stereocenters. The maximum Gasteiger partial charge on any atom is 0.313 e. The summed E-state index contributed by atoms with van der Waals surface area (Å²) in [7, 11) is 0. The van der Waals surface area contributed by atoms with Gasteiger partial charge in [-0.3, -0.25) is 9.59 Å². The van der Waals surface area contributed by atoms with Crippen LogP contribution in [0.4, 0.5) is 0 Å². The van der Waals surface area contributed by atoms with Gasteiger partial charge in [-0.2, -0.15) is 4.57 Å². The first-order valence-electron chi connectivity index (χ1n) is 6.07. The molecule has 5 heteroatoms. The lowest BCUT2D eigenvalue weighted by Crippen LogP contribution is -2.37. The Labute approximate surface area is 121 Å². The van der Waals surface area contributed by atoms with Gasteiger partial charge in [0, 0.05) is 22.6 Å². The van der Waals surface area contributed by atoms with Gasteiger partial charge in [0.25, 0.3) is 0 Å². The van der Waals surface area contributed by atoms with Crippen LogP contribution in [0, 0.1) is 0 Å². The molecule has 0 radical (unpaired) electrons. The van der Waals surface area contributed by atoms with E-state index >= 15 is 0 Å². The maximum absolute atomic E-state index is 12.0. The van der Waals surface area contributed by atoms with Gasteiger partial charge in [0.2, 0.25) is 12.3 Å². The molecule has 0 saturated carbocycles. The summed E-state index contributed by atoms with van der Waals surface area (Å²) in [5, 5.41) is 8.60. The van der Waals surface area contributed by atoms with Crippen molar-refractivity contribution in [2.75, 3.05) is 5.75 Å². The Balaban J connectivity index is 1.97. The standard InChI is InChI=1S/C15H13NO3S/c17-14(12-4-2-1-3-5-12)10-16-8-6-13(7-9-16)20-11-15(18)19/h1-9H,10-11H2/p+1. The average molecular weight is 288 g/mol. The Kier molecular flexibility index (Phi) is 4.90. The second-order valence-electron chi connectivity index (χ2n) is 4.18. The number of carboxylic acid groups (broad SMARTS) is 1. The summed E-state index contributed by atoms with van der Waals surface area (Å²) in [5.41, 5.74) is 0.685. The number of rotatable bonds is 6. The van der Waals surface area contributed by atoms with E-state index in [2.05, 4.69) is 0 Å². The summed E-state index contributed by atoms with van der Waals surface area (Å²) in [6.45, 7) is 0.272. The molecule has 1 heterocycles. The zero-order valence-corrected chi connectivity index (χ0v) is 11.5. The lowest BCUT2D eigenvalue weighted by atomic mass is 10.1. The molecule has 0 saturated heterocycles. The largest absolute Gasteiger partial charge is 0.481 e. The van der Waals surface area contributed by atoms with Gasteiger partial charge in [0.05, 0.1) is 5.75 Å². The van der Waals surface area contributed by atoms with Crippen molar-refractivity contribution in [3.8, 4) is 0 Å². The van der Waals surface area contributed by atoms with Crippen LogP contribution in [0.25, 0.3) is 0 Å². The number of aromatic nitrogens is 1. The highest BCUT2D eigenvalue weighted by Crippen LogP contribution is 2.15. The molecule has 2 aromatic rings. The molecular formula is C15H14NO3S+. The third-order valence-corrected chi connectivity index (χ3v) is 3.64. The molecule has 102 valence electrons. The van der Waals surface area contributed by atoms with E-state index in [4.69, 9.17) is 5.11 Å². The molecule has 0 aliphatic heterocycles. The van der Waals surface area contributed by atoms with Crippen LogP contribution in [0.2, 0.25) is 0 Å². The summed E-state index contributed by atoms with van der Waals surface area (Å²) in [5.74, 6) is -0.764. The molecule has 0 amide bonds. The predicted octanol–water partition coefficient (Wildman–Crippen LogP) is 2.03. The Morgan fingerprint density at radius 3 is 2.30 bits per heavy atom. The molecule has 20 heavy (non-hydrogen) atoms. The first kappa shape index (κ1) is 14.3. The number of hydrogen-bond donors (Lipinski definition) is 1. The second-order valence-corrected chi connectivity index (χ2v) is 5.23. The second kappa shape index (κ2) is 6.86. The highest BCUT2D eigenvalue weighted by molar-refractivity contribution is 8.00. The van der Waals surface area contributed by atoms with E-state index in [0.29, 0.717) is 5.56 Å². The van der Waals surface area contributed by atoms with Gasteiger partial charge in [-0.05, 0) is 0 Å². The van der Waals surface area contributed by atoms with Crippen molar-refractivity contribution in [2.24, 2.45) is 0 Å². The fourth-order valence-electron chi connectivity index (χ4n) is 1.67. The SMILES string of the molecule is O=C(O)CSc1cc[n+](CC(=O)c2ccccc2)cc1. The minimum absolute atomic E-state index is 0.0347. The number of carbonyl (C=O) groups excluding carboxylic acids is 1. The van der Waals surface area contributed by atoms with Crippen LogP contribution < -0.4 is 4.57 Å². The predicted molar refractivity (Wildman–Crippen MR) is 75.8 cm³/mol. The monoisotopic (exact) mass is 288 g/mol. The van der Waals surface area contributed by atoms with Crippen molar-refractivity contribution in [3.05, 3.63) is 60.4 Å². The van der Waals surface area contributed by atoms with Crippen LogP contribution in [0.15, 0.2) is 59.8 Å². The molecule has 0 spiro atoms. The number of pyridine rings is 1. The molecule has 0 atom stereocenters. The normalized spacial score (nSPS) is 10.2. The quantitative estimate of drug-likeness (QED) is 0.502. The van der Waals surface area contributed by atoms with E-state index in [1.54, 1.807) is 29.1 Å². The highest BCUT2D eigenvalue weighted by Gasteiger charge is 2.11. The van der Waals surface area contributed by atoms with Crippen molar-refractivity contribution in [1.82, 2.24) is 0 Å². The Morgan fingerprint density at radius 1 is 1.05 bits per heavy atom. The molecule has 0 bridgehead atoms. The fourth-order valence-corrected chi connectivity index (χ4v) is 2.28. The van der Waals surface area contributed by atoms with Crippen LogP contribution in [0.5, 0.6) is 0 Å². The van der Waals surface area contributed by atoms with E-state index in [-0.39, 0.29) is 18.1 Å². The topological polar surface area (TPSA) is 58.2 Å². The summed E-state index contributed by atoms with van der Waals surface area (Å²) in [4.78, 5) is 23.4. The number of nitrogens with zero attached hydrogens (tertiary/aromatic N) is 1. The third-order valence-electron chi connectivity index (χ3n) is 2.64. The minimum atomic E-state index is -0.842. The molecular weight excluding hydrogens is 274 g/mol. The summed E-state index contributed by atoms with van der Waals surface area (Å²) in [6, 6.07) is 12.8. The van der Waals surface area contributed by atoms with E-state index < -0.39 is 5.97 Å². The molecule has 1 N–H and O–H groups in total. The van der Waals surface area contributed by atoms with Gasteiger partial charge < -0.3 is 5.11 Å². The van der Waals surface area contributed by atoms with Crippen LogP contribution in [-0.2, 0) is 11.3 Å². The molecule has 1 aromatic carbocycles. The van der Waals surface area contributed by atoms with Crippen molar-refractivity contribution >= 4 is 23.5 Å². The van der Waals surface area contributed by atoms with E-state index in [1.165, 1.54) is 11.8 Å². The third kappa shape index (κ3) is 4.20. The van der Waals surface area contributed by atoms with Gasteiger partial charge in [0.15, 0.2) is 12.4 Å².